The molecular formula is C13H22N2O3S. The summed E-state index contributed by atoms with van der Waals surface area (Å²) in [7, 11) is -3.48. The Balaban J connectivity index is 2.74. The quantitative estimate of drug-likeness (QED) is 0.757. The highest BCUT2D eigenvalue weighted by Gasteiger charge is 2.15. The molecule has 0 unspecified atom stereocenters. The maximum Gasteiger partial charge on any atom is 0.240 e. The smallest absolute Gasteiger partial charge is 0.240 e. The highest BCUT2D eigenvalue weighted by Crippen LogP contribution is 2.17. The number of nitrogens with one attached hydrogen (secondary N) is 2. The minimum Gasteiger partial charge on any atom is -0.494 e. The predicted octanol–water partition coefficient (Wildman–Crippen LogP) is 1.36. The van der Waals surface area contributed by atoms with Crippen molar-refractivity contribution in [1.82, 2.24) is 10.0 Å². The number of sulfonamides is 1. The summed E-state index contributed by atoms with van der Waals surface area (Å²) in [6.45, 7) is 7.45. The van der Waals surface area contributed by atoms with E-state index in [0.717, 1.165) is 6.54 Å². The second kappa shape index (κ2) is 7.47. The van der Waals surface area contributed by atoms with Gasteiger partial charge in [0.2, 0.25) is 10.0 Å². The van der Waals surface area contributed by atoms with Crippen LogP contribution in [0.5, 0.6) is 5.75 Å². The highest BCUT2D eigenvalue weighted by atomic mass is 32.2. The molecule has 0 fully saturated rings. The maximum absolute atomic E-state index is 12.1. The molecule has 1 aromatic rings. The van der Waals surface area contributed by atoms with E-state index in [4.69, 9.17) is 4.74 Å². The molecule has 0 saturated heterocycles. The van der Waals surface area contributed by atoms with Gasteiger partial charge in [0.1, 0.15) is 5.75 Å². The summed E-state index contributed by atoms with van der Waals surface area (Å²) in [5.41, 5.74) is 0. The van der Waals surface area contributed by atoms with E-state index < -0.39 is 10.0 Å². The zero-order valence-corrected chi connectivity index (χ0v) is 12.5. The average molecular weight is 286 g/mol. The Morgan fingerprint density at radius 2 is 2.05 bits per heavy atom. The zero-order valence-electron chi connectivity index (χ0n) is 11.6. The molecule has 0 saturated carbocycles. The minimum absolute atomic E-state index is 0.0925. The third-order valence-electron chi connectivity index (χ3n) is 2.56. The first-order valence-corrected chi connectivity index (χ1v) is 7.93. The van der Waals surface area contributed by atoms with Crippen LogP contribution in [0, 0.1) is 0 Å². The van der Waals surface area contributed by atoms with Crippen LogP contribution in [0.2, 0.25) is 0 Å². The first-order chi connectivity index (χ1) is 8.99. The molecule has 19 heavy (non-hydrogen) atoms. The lowest BCUT2D eigenvalue weighted by molar-refractivity contribution is 0.339. The normalized spacial score (nSPS) is 13.2. The van der Waals surface area contributed by atoms with Gasteiger partial charge in [0.05, 0.1) is 11.5 Å². The van der Waals surface area contributed by atoms with Crippen molar-refractivity contribution < 1.29 is 13.2 Å². The standard InChI is InChI=1S/C13H22N2O3S/c1-4-14-11(3)10-15-19(16,17)13-8-6-7-12(9-13)18-5-2/h6-9,11,14-15H,4-5,10H2,1-3H3/t11-/m1/s1. The van der Waals surface area contributed by atoms with E-state index in [1.807, 2.05) is 20.8 Å². The van der Waals surface area contributed by atoms with Gasteiger partial charge in [-0.2, -0.15) is 0 Å². The Morgan fingerprint density at radius 3 is 2.68 bits per heavy atom. The number of hydrogen-bond acceptors (Lipinski definition) is 4. The first-order valence-electron chi connectivity index (χ1n) is 6.45. The van der Waals surface area contributed by atoms with Gasteiger partial charge in [0.25, 0.3) is 0 Å². The third-order valence-corrected chi connectivity index (χ3v) is 3.98. The molecule has 0 radical (unpaired) electrons. The largest absolute Gasteiger partial charge is 0.494 e. The summed E-state index contributed by atoms with van der Waals surface area (Å²) >= 11 is 0. The molecule has 108 valence electrons. The number of rotatable bonds is 8. The third kappa shape index (κ3) is 5.18. The van der Waals surface area contributed by atoms with Crippen LogP contribution in [0.15, 0.2) is 29.2 Å². The maximum atomic E-state index is 12.1. The van der Waals surface area contributed by atoms with Gasteiger partial charge in [0, 0.05) is 18.7 Å². The lowest BCUT2D eigenvalue weighted by Gasteiger charge is -2.14. The minimum atomic E-state index is -3.48. The fourth-order valence-corrected chi connectivity index (χ4v) is 2.80. The average Bonchev–Trinajstić information content (AvgIpc) is 2.38. The van der Waals surface area contributed by atoms with Crippen molar-refractivity contribution in [3.63, 3.8) is 0 Å². The van der Waals surface area contributed by atoms with E-state index in [1.54, 1.807) is 18.2 Å². The lowest BCUT2D eigenvalue weighted by Crippen LogP contribution is -2.38. The molecular weight excluding hydrogens is 264 g/mol. The van der Waals surface area contributed by atoms with Crippen molar-refractivity contribution in [2.75, 3.05) is 19.7 Å². The second-order valence-electron chi connectivity index (χ2n) is 4.22. The zero-order chi connectivity index (χ0) is 14.3. The van der Waals surface area contributed by atoms with Gasteiger partial charge >= 0.3 is 0 Å². The van der Waals surface area contributed by atoms with Crippen LogP contribution >= 0.6 is 0 Å². The predicted molar refractivity (Wildman–Crippen MR) is 75.9 cm³/mol. The van der Waals surface area contributed by atoms with Crippen molar-refractivity contribution in [2.24, 2.45) is 0 Å². The number of benzene rings is 1. The molecule has 6 heteroatoms. The van der Waals surface area contributed by atoms with Crippen LogP contribution in [-0.4, -0.2) is 34.2 Å². The second-order valence-corrected chi connectivity index (χ2v) is 5.99. The van der Waals surface area contributed by atoms with Crippen LogP contribution in [-0.2, 0) is 10.0 Å². The number of ether oxygens (including phenoxy) is 1. The Hall–Kier alpha value is -1.11. The van der Waals surface area contributed by atoms with Crippen molar-refractivity contribution in [3.8, 4) is 5.75 Å². The van der Waals surface area contributed by atoms with E-state index in [0.29, 0.717) is 18.9 Å². The topological polar surface area (TPSA) is 67.4 Å². The molecule has 5 nitrogen and oxygen atoms in total. The Labute approximate surface area is 115 Å². The Bertz CT molecular complexity index is 488. The first kappa shape index (κ1) is 15.9. The van der Waals surface area contributed by atoms with Crippen LogP contribution in [0.4, 0.5) is 0 Å². The molecule has 0 aliphatic heterocycles. The summed E-state index contributed by atoms with van der Waals surface area (Å²) < 4.78 is 32.1. The monoisotopic (exact) mass is 286 g/mol. The van der Waals surface area contributed by atoms with E-state index in [9.17, 15) is 8.42 Å². The Morgan fingerprint density at radius 1 is 1.32 bits per heavy atom. The molecule has 0 aliphatic rings. The molecule has 1 rings (SSSR count). The van der Waals surface area contributed by atoms with Gasteiger partial charge in [-0.15, -0.1) is 0 Å². The molecule has 1 aromatic carbocycles. The Kier molecular flexibility index (Phi) is 6.27. The summed E-state index contributed by atoms with van der Waals surface area (Å²) in [4.78, 5) is 0.224. The summed E-state index contributed by atoms with van der Waals surface area (Å²) in [5, 5.41) is 3.15. The molecule has 0 amide bonds. The van der Waals surface area contributed by atoms with E-state index in [1.165, 1.54) is 6.07 Å². The SMILES string of the molecule is CCN[C@H](C)CNS(=O)(=O)c1cccc(OCC)c1. The van der Waals surface area contributed by atoms with E-state index >= 15 is 0 Å². The molecule has 0 bridgehead atoms. The number of likely N-dealkylation sites (N-methyl/N-ethyl adjacent to an activating group) is 1. The van der Waals surface area contributed by atoms with Crippen molar-refractivity contribution >= 4 is 10.0 Å². The van der Waals surface area contributed by atoms with E-state index in [2.05, 4.69) is 10.0 Å². The molecule has 2 N–H and O–H groups in total. The molecule has 0 spiro atoms. The van der Waals surface area contributed by atoms with E-state index in [-0.39, 0.29) is 10.9 Å². The molecule has 0 aliphatic carbocycles. The van der Waals surface area contributed by atoms with Gasteiger partial charge in [-0.25, -0.2) is 13.1 Å². The van der Waals surface area contributed by atoms with Gasteiger partial charge < -0.3 is 10.1 Å². The number of hydrogen-bond donors (Lipinski definition) is 2. The fraction of sp³-hybridized carbons (Fsp3) is 0.538. The van der Waals surface area contributed by atoms with Crippen LogP contribution < -0.4 is 14.8 Å². The van der Waals surface area contributed by atoms with Gasteiger partial charge in [-0.3, -0.25) is 0 Å². The summed E-state index contributed by atoms with van der Waals surface area (Å²) in [6, 6.07) is 6.60. The van der Waals surface area contributed by atoms with Crippen molar-refractivity contribution in [2.45, 2.75) is 31.7 Å². The summed E-state index contributed by atoms with van der Waals surface area (Å²) in [5.74, 6) is 0.560. The molecule has 0 heterocycles. The van der Waals surface area contributed by atoms with Crippen LogP contribution in [0.3, 0.4) is 0 Å². The van der Waals surface area contributed by atoms with Crippen LogP contribution in [0.25, 0.3) is 0 Å². The van der Waals surface area contributed by atoms with Crippen molar-refractivity contribution in [1.29, 1.82) is 0 Å². The highest BCUT2D eigenvalue weighted by molar-refractivity contribution is 7.89. The van der Waals surface area contributed by atoms with Gasteiger partial charge in [-0.1, -0.05) is 13.0 Å². The lowest BCUT2D eigenvalue weighted by atomic mass is 10.3. The van der Waals surface area contributed by atoms with Gasteiger partial charge in [-0.05, 0) is 32.5 Å². The molecule has 0 aromatic heterocycles. The fourth-order valence-electron chi connectivity index (χ4n) is 1.64. The van der Waals surface area contributed by atoms with Crippen molar-refractivity contribution in [3.05, 3.63) is 24.3 Å². The van der Waals surface area contributed by atoms with Crippen LogP contribution in [0.1, 0.15) is 20.8 Å². The summed E-state index contributed by atoms with van der Waals surface area (Å²) in [6.07, 6.45) is 0. The molecule has 1 atom stereocenters. The van der Waals surface area contributed by atoms with Gasteiger partial charge in [0.15, 0.2) is 0 Å².